The van der Waals surface area contributed by atoms with Gasteiger partial charge in [-0.3, -0.25) is 9.78 Å². The van der Waals surface area contributed by atoms with Crippen LogP contribution in [-0.2, 0) is 0 Å². The standard InChI is InChI=1S/C12H11FN2O/c1-7(16)12-9-5-8(13)3-4-10(9)15-6-11(12)14-2/h3-6,14H,1-2H3. The zero-order chi connectivity index (χ0) is 11.7. The summed E-state index contributed by atoms with van der Waals surface area (Å²) in [6, 6.07) is 4.23. The van der Waals surface area contributed by atoms with Gasteiger partial charge in [-0.15, -0.1) is 0 Å². The van der Waals surface area contributed by atoms with E-state index in [1.165, 1.54) is 19.1 Å². The lowest BCUT2D eigenvalue weighted by molar-refractivity contribution is 0.102. The Morgan fingerprint density at radius 1 is 1.44 bits per heavy atom. The number of anilines is 1. The third-order valence-electron chi connectivity index (χ3n) is 2.45. The molecule has 1 aromatic heterocycles. The summed E-state index contributed by atoms with van der Waals surface area (Å²) in [5.74, 6) is -0.479. The van der Waals surface area contributed by atoms with Crippen molar-refractivity contribution in [3.63, 3.8) is 0 Å². The second kappa shape index (κ2) is 3.89. The van der Waals surface area contributed by atoms with Crippen LogP contribution in [0.5, 0.6) is 0 Å². The van der Waals surface area contributed by atoms with Gasteiger partial charge in [0, 0.05) is 12.4 Å². The highest BCUT2D eigenvalue weighted by atomic mass is 19.1. The third-order valence-corrected chi connectivity index (χ3v) is 2.45. The van der Waals surface area contributed by atoms with Gasteiger partial charge in [0.15, 0.2) is 5.78 Å². The van der Waals surface area contributed by atoms with Gasteiger partial charge in [0.2, 0.25) is 0 Å². The maximum atomic E-state index is 13.2. The van der Waals surface area contributed by atoms with Gasteiger partial charge >= 0.3 is 0 Å². The Balaban J connectivity index is 2.87. The molecule has 0 aliphatic rings. The summed E-state index contributed by atoms with van der Waals surface area (Å²) in [4.78, 5) is 15.7. The summed E-state index contributed by atoms with van der Waals surface area (Å²) in [5.41, 5.74) is 1.71. The molecular formula is C12H11FN2O. The molecule has 0 saturated heterocycles. The van der Waals surface area contributed by atoms with Gasteiger partial charge in [-0.25, -0.2) is 4.39 Å². The van der Waals surface area contributed by atoms with Crippen LogP contribution in [0.25, 0.3) is 10.9 Å². The lowest BCUT2D eigenvalue weighted by Gasteiger charge is -2.09. The largest absolute Gasteiger partial charge is 0.386 e. The fraction of sp³-hybridized carbons (Fsp3) is 0.167. The maximum absolute atomic E-state index is 13.2. The molecule has 0 atom stereocenters. The number of carbonyl (C=O) groups is 1. The predicted molar refractivity (Wildman–Crippen MR) is 61.3 cm³/mol. The van der Waals surface area contributed by atoms with E-state index in [1.807, 2.05) is 0 Å². The lowest BCUT2D eigenvalue weighted by atomic mass is 10.0. The van der Waals surface area contributed by atoms with Crippen LogP contribution < -0.4 is 5.32 Å². The molecule has 0 saturated carbocycles. The molecule has 4 heteroatoms. The van der Waals surface area contributed by atoms with Crippen LogP contribution >= 0.6 is 0 Å². The SMILES string of the molecule is CNc1cnc2ccc(F)cc2c1C(C)=O. The van der Waals surface area contributed by atoms with E-state index in [0.29, 0.717) is 22.2 Å². The minimum atomic E-state index is -0.370. The summed E-state index contributed by atoms with van der Waals surface area (Å²) in [6.45, 7) is 1.46. The number of ketones is 1. The molecule has 3 nitrogen and oxygen atoms in total. The summed E-state index contributed by atoms with van der Waals surface area (Å²) >= 11 is 0. The maximum Gasteiger partial charge on any atom is 0.162 e. The van der Waals surface area contributed by atoms with Crippen molar-refractivity contribution >= 4 is 22.4 Å². The van der Waals surface area contributed by atoms with Crippen molar-refractivity contribution in [1.29, 1.82) is 0 Å². The number of hydrogen-bond donors (Lipinski definition) is 1. The molecule has 0 aliphatic carbocycles. The number of Topliss-reactive ketones (excluding diaryl/α,β-unsaturated/α-hetero) is 1. The van der Waals surface area contributed by atoms with Gasteiger partial charge in [0.1, 0.15) is 5.82 Å². The van der Waals surface area contributed by atoms with Crippen molar-refractivity contribution in [2.24, 2.45) is 0 Å². The normalized spacial score (nSPS) is 10.4. The summed E-state index contributed by atoms with van der Waals surface area (Å²) in [7, 11) is 1.70. The molecule has 1 heterocycles. The van der Waals surface area contributed by atoms with Crippen LogP contribution in [0.1, 0.15) is 17.3 Å². The number of pyridine rings is 1. The second-order valence-electron chi connectivity index (χ2n) is 3.51. The van der Waals surface area contributed by atoms with Crippen LogP contribution in [0.3, 0.4) is 0 Å². The van der Waals surface area contributed by atoms with Crippen molar-refractivity contribution in [2.45, 2.75) is 6.92 Å². The highest BCUT2D eigenvalue weighted by Crippen LogP contribution is 2.25. The van der Waals surface area contributed by atoms with E-state index in [1.54, 1.807) is 19.3 Å². The number of aromatic nitrogens is 1. The molecule has 16 heavy (non-hydrogen) atoms. The Labute approximate surface area is 92.3 Å². The molecule has 1 N–H and O–H groups in total. The molecule has 2 rings (SSSR count). The first-order valence-electron chi connectivity index (χ1n) is 4.90. The predicted octanol–water partition coefficient (Wildman–Crippen LogP) is 2.62. The highest BCUT2D eigenvalue weighted by molar-refractivity contribution is 6.10. The average molecular weight is 218 g/mol. The third kappa shape index (κ3) is 1.62. The van der Waals surface area contributed by atoms with Crippen molar-refractivity contribution in [3.8, 4) is 0 Å². The van der Waals surface area contributed by atoms with E-state index < -0.39 is 0 Å². The summed E-state index contributed by atoms with van der Waals surface area (Å²) < 4.78 is 13.2. The average Bonchev–Trinajstić information content (AvgIpc) is 2.26. The van der Waals surface area contributed by atoms with E-state index in [2.05, 4.69) is 10.3 Å². The Hall–Kier alpha value is -1.97. The van der Waals surface area contributed by atoms with Crippen LogP contribution in [0.4, 0.5) is 10.1 Å². The first-order valence-corrected chi connectivity index (χ1v) is 4.90. The van der Waals surface area contributed by atoms with E-state index in [0.717, 1.165) is 0 Å². The van der Waals surface area contributed by atoms with Crippen molar-refractivity contribution in [3.05, 3.63) is 35.8 Å². The smallest absolute Gasteiger partial charge is 0.162 e. The van der Waals surface area contributed by atoms with Crippen LogP contribution in [0, 0.1) is 5.82 Å². The van der Waals surface area contributed by atoms with Gasteiger partial charge in [0.25, 0.3) is 0 Å². The Morgan fingerprint density at radius 2 is 2.19 bits per heavy atom. The minimum absolute atomic E-state index is 0.109. The number of carbonyl (C=O) groups excluding carboxylic acids is 1. The first kappa shape index (κ1) is 10.5. The highest BCUT2D eigenvalue weighted by Gasteiger charge is 2.12. The van der Waals surface area contributed by atoms with Gasteiger partial charge < -0.3 is 5.32 Å². The number of halogens is 1. The van der Waals surface area contributed by atoms with E-state index in [9.17, 15) is 9.18 Å². The lowest BCUT2D eigenvalue weighted by Crippen LogP contribution is -2.02. The molecule has 0 unspecified atom stereocenters. The Kier molecular flexibility index (Phi) is 2.56. The number of hydrogen-bond acceptors (Lipinski definition) is 3. The van der Waals surface area contributed by atoms with Crippen LogP contribution in [0.2, 0.25) is 0 Å². The van der Waals surface area contributed by atoms with E-state index in [4.69, 9.17) is 0 Å². The van der Waals surface area contributed by atoms with Gasteiger partial charge in [-0.05, 0) is 25.1 Å². The number of rotatable bonds is 2. The quantitative estimate of drug-likeness (QED) is 0.788. The van der Waals surface area contributed by atoms with Crippen LogP contribution in [-0.4, -0.2) is 17.8 Å². The van der Waals surface area contributed by atoms with Crippen LogP contribution in [0.15, 0.2) is 24.4 Å². The molecule has 0 fully saturated rings. The fourth-order valence-electron chi connectivity index (χ4n) is 1.73. The Morgan fingerprint density at radius 3 is 2.81 bits per heavy atom. The Bertz CT molecular complexity index is 566. The number of nitrogens with one attached hydrogen (secondary N) is 1. The molecule has 1 aromatic carbocycles. The van der Waals surface area contributed by atoms with E-state index >= 15 is 0 Å². The summed E-state index contributed by atoms with van der Waals surface area (Å²) in [5, 5.41) is 3.42. The zero-order valence-electron chi connectivity index (χ0n) is 9.04. The van der Waals surface area contributed by atoms with Crippen molar-refractivity contribution in [2.75, 3.05) is 12.4 Å². The molecule has 0 bridgehead atoms. The minimum Gasteiger partial charge on any atom is -0.386 e. The van der Waals surface area contributed by atoms with Gasteiger partial charge in [0.05, 0.1) is 23.0 Å². The van der Waals surface area contributed by atoms with E-state index in [-0.39, 0.29) is 11.6 Å². The number of benzene rings is 1. The van der Waals surface area contributed by atoms with Gasteiger partial charge in [-0.1, -0.05) is 0 Å². The second-order valence-corrected chi connectivity index (χ2v) is 3.51. The molecule has 82 valence electrons. The topological polar surface area (TPSA) is 42.0 Å². The first-order chi connectivity index (χ1) is 7.63. The number of fused-ring (bicyclic) bond motifs is 1. The molecule has 0 aliphatic heterocycles. The summed E-state index contributed by atoms with van der Waals surface area (Å²) in [6.07, 6.45) is 1.58. The molecule has 0 spiro atoms. The van der Waals surface area contributed by atoms with Gasteiger partial charge in [-0.2, -0.15) is 0 Å². The molecule has 2 aromatic rings. The monoisotopic (exact) mass is 218 g/mol. The molecule has 0 amide bonds. The van der Waals surface area contributed by atoms with Crippen molar-refractivity contribution in [1.82, 2.24) is 4.98 Å². The molecule has 0 radical (unpaired) electrons. The zero-order valence-corrected chi connectivity index (χ0v) is 9.04. The number of nitrogens with zero attached hydrogens (tertiary/aromatic N) is 1. The fourth-order valence-corrected chi connectivity index (χ4v) is 1.73. The van der Waals surface area contributed by atoms with Crippen molar-refractivity contribution < 1.29 is 9.18 Å². The molecular weight excluding hydrogens is 207 g/mol.